The van der Waals surface area contributed by atoms with Crippen LogP contribution in [0.2, 0.25) is 0 Å². The number of hydrogen-bond acceptors (Lipinski definition) is 7. The summed E-state index contributed by atoms with van der Waals surface area (Å²) >= 11 is 0. The zero-order valence-electron chi connectivity index (χ0n) is 21.1. The van der Waals surface area contributed by atoms with Gasteiger partial charge in [0.05, 0.1) is 32.4 Å². The van der Waals surface area contributed by atoms with E-state index in [-0.39, 0.29) is 53.7 Å². The first-order valence-electron chi connectivity index (χ1n) is 12.3. The highest BCUT2D eigenvalue weighted by Gasteiger charge is 2.59. The summed E-state index contributed by atoms with van der Waals surface area (Å²) < 4.78 is 38.5. The number of hydrogen-bond donors (Lipinski definition) is 2. The number of amides is 1. The number of benzene rings is 1. The van der Waals surface area contributed by atoms with Crippen molar-refractivity contribution >= 4 is 27.6 Å². The van der Waals surface area contributed by atoms with Gasteiger partial charge in [-0.1, -0.05) is 20.8 Å². The Balaban J connectivity index is 1.61. The molecule has 2 aliphatic carbocycles. The summed E-state index contributed by atoms with van der Waals surface area (Å²) in [5.74, 6) is -0.0825. The molecule has 10 heteroatoms. The standard InChI is InChI=1S/C25H37N3O6S/c1-24(2)18-7-9-25(3,16-18)23(24)27-22(30)17-5-6-19(26-10-8-21(29)33-4)20(15-17)35(31,32)28-11-13-34-14-12-28/h5-6,15,18,23,26H,7-14,16H2,1-4H3,(H,27,30)/t18-,23?,25+/m1/s1. The molecule has 3 atom stereocenters. The van der Waals surface area contributed by atoms with Crippen molar-refractivity contribution in [3.05, 3.63) is 23.8 Å². The zero-order valence-corrected chi connectivity index (χ0v) is 21.9. The summed E-state index contributed by atoms with van der Waals surface area (Å²) in [5.41, 5.74) is 0.699. The van der Waals surface area contributed by atoms with E-state index in [2.05, 4.69) is 36.1 Å². The second-order valence-corrected chi connectivity index (χ2v) is 12.7. The van der Waals surface area contributed by atoms with E-state index in [9.17, 15) is 18.0 Å². The predicted octanol–water partition coefficient (Wildman–Crippen LogP) is 2.63. The Bertz CT molecular complexity index is 1080. The lowest BCUT2D eigenvalue weighted by atomic mass is 9.68. The molecule has 3 aliphatic rings. The van der Waals surface area contributed by atoms with Crippen LogP contribution >= 0.6 is 0 Å². The van der Waals surface area contributed by atoms with Crippen molar-refractivity contribution in [1.29, 1.82) is 0 Å². The Hall–Kier alpha value is -2.17. The van der Waals surface area contributed by atoms with E-state index in [1.807, 2.05) is 0 Å². The maximum Gasteiger partial charge on any atom is 0.307 e. The van der Waals surface area contributed by atoms with Gasteiger partial charge in [0, 0.05) is 31.2 Å². The van der Waals surface area contributed by atoms with Crippen LogP contribution in [0.4, 0.5) is 5.69 Å². The number of esters is 1. The molecule has 1 heterocycles. The minimum Gasteiger partial charge on any atom is -0.469 e. The average molecular weight is 508 g/mol. The van der Waals surface area contributed by atoms with Gasteiger partial charge in [-0.2, -0.15) is 4.31 Å². The summed E-state index contributed by atoms with van der Waals surface area (Å²) in [6.45, 7) is 8.02. The Morgan fingerprint density at radius 1 is 1.20 bits per heavy atom. The monoisotopic (exact) mass is 507 g/mol. The molecule has 2 bridgehead atoms. The molecule has 35 heavy (non-hydrogen) atoms. The van der Waals surface area contributed by atoms with Crippen LogP contribution in [-0.4, -0.2) is 70.6 Å². The Morgan fingerprint density at radius 3 is 2.54 bits per heavy atom. The van der Waals surface area contributed by atoms with E-state index < -0.39 is 16.0 Å². The topological polar surface area (TPSA) is 114 Å². The number of morpholine rings is 1. The second-order valence-electron chi connectivity index (χ2n) is 10.8. The molecule has 1 saturated heterocycles. The van der Waals surface area contributed by atoms with Gasteiger partial charge in [-0.15, -0.1) is 0 Å². The van der Waals surface area contributed by atoms with E-state index in [0.717, 1.165) is 12.8 Å². The van der Waals surface area contributed by atoms with E-state index in [1.54, 1.807) is 12.1 Å². The van der Waals surface area contributed by atoms with Crippen molar-refractivity contribution in [2.75, 3.05) is 45.3 Å². The third-order valence-corrected chi connectivity index (χ3v) is 10.2. The molecule has 194 valence electrons. The number of carbonyl (C=O) groups is 2. The highest BCUT2D eigenvalue weighted by atomic mass is 32.2. The third-order valence-electron chi connectivity index (χ3n) is 8.25. The first kappa shape index (κ1) is 25.9. The van der Waals surface area contributed by atoms with Crippen LogP contribution in [-0.2, 0) is 24.3 Å². The molecule has 0 aromatic heterocycles. The summed E-state index contributed by atoms with van der Waals surface area (Å²) in [5, 5.41) is 6.29. The minimum absolute atomic E-state index is 0.0131. The molecule has 1 unspecified atom stereocenters. The molecular formula is C25H37N3O6S. The third kappa shape index (κ3) is 4.93. The predicted molar refractivity (Wildman–Crippen MR) is 132 cm³/mol. The first-order chi connectivity index (χ1) is 16.5. The molecule has 2 saturated carbocycles. The Morgan fingerprint density at radius 2 is 1.91 bits per heavy atom. The van der Waals surface area contributed by atoms with Gasteiger partial charge in [0.15, 0.2) is 0 Å². The SMILES string of the molecule is COC(=O)CCNc1ccc(C(=O)NC2C(C)(C)[C@@H]3CC[C@@]2(C)C3)cc1S(=O)(=O)N1CCOCC1. The normalized spacial score (nSPS) is 28.0. The smallest absolute Gasteiger partial charge is 0.307 e. The van der Waals surface area contributed by atoms with E-state index in [0.29, 0.717) is 30.4 Å². The van der Waals surface area contributed by atoms with Crippen LogP contribution in [0.3, 0.4) is 0 Å². The Labute approximate surface area is 208 Å². The van der Waals surface area contributed by atoms with Crippen molar-refractivity contribution in [2.45, 2.75) is 57.4 Å². The number of nitrogens with zero attached hydrogens (tertiary/aromatic N) is 1. The molecule has 2 N–H and O–H groups in total. The minimum atomic E-state index is -3.88. The quantitative estimate of drug-likeness (QED) is 0.520. The van der Waals surface area contributed by atoms with Crippen molar-refractivity contribution in [1.82, 2.24) is 9.62 Å². The highest BCUT2D eigenvalue weighted by molar-refractivity contribution is 7.89. The number of carbonyl (C=O) groups excluding carboxylic acids is 2. The lowest BCUT2D eigenvalue weighted by molar-refractivity contribution is -0.140. The van der Waals surface area contributed by atoms with Gasteiger partial charge >= 0.3 is 5.97 Å². The van der Waals surface area contributed by atoms with Gasteiger partial charge in [-0.3, -0.25) is 9.59 Å². The summed E-state index contributed by atoms with van der Waals surface area (Å²) in [6, 6.07) is 4.71. The second kappa shape index (κ2) is 9.71. The largest absolute Gasteiger partial charge is 0.469 e. The number of nitrogens with one attached hydrogen (secondary N) is 2. The van der Waals surface area contributed by atoms with Crippen LogP contribution < -0.4 is 10.6 Å². The number of rotatable bonds is 8. The average Bonchev–Trinajstić information content (AvgIpc) is 3.33. The number of anilines is 1. The van der Waals surface area contributed by atoms with Gasteiger partial charge in [-0.25, -0.2) is 8.42 Å². The number of fused-ring (bicyclic) bond motifs is 2. The van der Waals surface area contributed by atoms with Crippen LogP contribution in [0.15, 0.2) is 23.1 Å². The number of ether oxygens (including phenoxy) is 2. The lowest BCUT2D eigenvalue weighted by Crippen LogP contribution is -2.52. The first-order valence-corrected chi connectivity index (χ1v) is 13.8. The van der Waals surface area contributed by atoms with Crippen LogP contribution in [0.25, 0.3) is 0 Å². The van der Waals surface area contributed by atoms with Crippen molar-refractivity contribution in [3.63, 3.8) is 0 Å². The van der Waals surface area contributed by atoms with E-state index in [1.165, 1.54) is 23.9 Å². The van der Waals surface area contributed by atoms with Gasteiger partial charge in [-0.05, 0) is 54.2 Å². The molecular weight excluding hydrogens is 470 g/mol. The number of methoxy groups -OCH3 is 1. The van der Waals surface area contributed by atoms with E-state index in [4.69, 9.17) is 4.74 Å². The lowest BCUT2D eigenvalue weighted by Gasteiger charge is -2.43. The van der Waals surface area contributed by atoms with Crippen molar-refractivity contribution < 1.29 is 27.5 Å². The fourth-order valence-corrected chi connectivity index (χ4v) is 7.83. The van der Waals surface area contributed by atoms with Gasteiger partial charge in [0.2, 0.25) is 10.0 Å². The molecule has 1 aliphatic heterocycles. The molecule has 3 fully saturated rings. The van der Waals surface area contributed by atoms with Gasteiger partial charge in [0.25, 0.3) is 5.91 Å². The zero-order chi connectivity index (χ0) is 25.4. The molecule has 9 nitrogen and oxygen atoms in total. The van der Waals surface area contributed by atoms with Crippen molar-refractivity contribution in [2.24, 2.45) is 16.7 Å². The highest BCUT2D eigenvalue weighted by Crippen LogP contribution is 2.62. The van der Waals surface area contributed by atoms with Crippen molar-refractivity contribution in [3.8, 4) is 0 Å². The fraction of sp³-hybridized carbons (Fsp3) is 0.680. The maximum atomic E-state index is 13.5. The number of sulfonamides is 1. The molecule has 4 rings (SSSR count). The summed E-state index contributed by atoms with van der Waals surface area (Å²) in [4.78, 5) is 24.9. The Kier molecular flexibility index (Phi) is 7.19. The molecule has 1 aromatic rings. The molecule has 0 spiro atoms. The van der Waals surface area contributed by atoms with E-state index >= 15 is 0 Å². The van der Waals surface area contributed by atoms with Crippen LogP contribution in [0.5, 0.6) is 0 Å². The van der Waals surface area contributed by atoms with Gasteiger partial charge in [0.1, 0.15) is 4.90 Å². The fourth-order valence-electron chi connectivity index (χ4n) is 6.23. The van der Waals surface area contributed by atoms with Crippen LogP contribution in [0.1, 0.15) is 56.8 Å². The van der Waals surface area contributed by atoms with Crippen LogP contribution in [0, 0.1) is 16.7 Å². The van der Waals surface area contributed by atoms with Gasteiger partial charge < -0.3 is 20.1 Å². The summed E-state index contributed by atoms with van der Waals surface area (Å²) in [7, 11) is -2.57. The maximum absolute atomic E-state index is 13.5. The summed E-state index contributed by atoms with van der Waals surface area (Å²) in [6.07, 6.45) is 3.46. The molecule has 0 radical (unpaired) electrons. The molecule has 1 aromatic carbocycles. The molecule has 1 amide bonds.